The molecular formula is C13H12N2O4S. The molecule has 0 atom stereocenters. The zero-order valence-corrected chi connectivity index (χ0v) is 11.1. The average molecular weight is 292 g/mol. The Morgan fingerprint density at radius 1 is 1.05 bits per heavy atom. The van der Waals surface area contributed by atoms with Crippen LogP contribution in [0.4, 0.5) is 5.69 Å². The van der Waals surface area contributed by atoms with Crippen LogP contribution >= 0.6 is 0 Å². The summed E-state index contributed by atoms with van der Waals surface area (Å²) in [6.45, 7) is 0. The zero-order chi connectivity index (χ0) is 14.8. The number of nitrogens with one attached hydrogen (secondary N) is 1. The van der Waals surface area contributed by atoms with E-state index < -0.39 is 15.9 Å². The Bertz CT molecular complexity index is 739. The molecular weight excluding hydrogens is 280 g/mol. The summed E-state index contributed by atoms with van der Waals surface area (Å²) in [5.41, 5.74) is 0.522. The molecule has 2 rings (SSSR count). The number of carbonyl (C=O) groups excluding carboxylic acids is 1. The monoisotopic (exact) mass is 292 g/mol. The third kappa shape index (κ3) is 3.14. The second kappa shape index (κ2) is 5.32. The van der Waals surface area contributed by atoms with E-state index in [9.17, 15) is 18.3 Å². The summed E-state index contributed by atoms with van der Waals surface area (Å²) in [7, 11) is -3.76. The Hall–Kier alpha value is -2.38. The standard InChI is InChI=1S/C13H12N2O4S/c14-20(18,19)10-7-5-9(6-8-10)15-13(17)11-3-1-2-4-12(11)16/h1-8,16H,(H,15,17)(H2,14,18,19). The molecule has 0 aliphatic carbocycles. The van der Waals surface area contributed by atoms with E-state index in [1.807, 2.05) is 0 Å². The highest BCUT2D eigenvalue weighted by Crippen LogP contribution is 2.18. The number of para-hydroxylation sites is 1. The van der Waals surface area contributed by atoms with E-state index in [1.54, 1.807) is 12.1 Å². The molecule has 6 nitrogen and oxygen atoms in total. The van der Waals surface area contributed by atoms with Gasteiger partial charge in [-0.05, 0) is 36.4 Å². The normalized spacial score (nSPS) is 11.1. The summed E-state index contributed by atoms with van der Waals surface area (Å²) < 4.78 is 22.2. The molecule has 2 aromatic carbocycles. The first-order valence-corrected chi connectivity index (χ1v) is 7.15. The maximum absolute atomic E-state index is 11.9. The van der Waals surface area contributed by atoms with Crippen molar-refractivity contribution in [1.82, 2.24) is 0 Å². The van der Waals surface area contributed by atoms with Crippen molar-refractivity contribution in [1.29, 1.82) is 0 Å². The van der Waals surface area contributed by atoms with Gasteiger partial charge >= 0.3 is 0 Å². The first-order valence-electron chi connectivity index (χ1n) is 5.60. The number of hydrogen-bond acceptors (Lipinski definition) is 4. The van der Waals surface area contributed by atoms with Crippen LogP contribution in [0.15, 0.2) is 53.4 Å². The number of primary sulfonamides is 1. The maximum atomic E-state index is 11.9. The number of anilines is 1. The minimum atomic E-state index is -3.76. The molecule has 0 fully saturated rings. The van der Waals surface area contributed by atoms with E-state index in [0.717, 1.165) is 0 Å². The van der Waals surface area contributed by atoms with Gasteiger partial charge in [-0.1, -0.05) is 12.1 Å². The van der Waals surface area contributed by atoms with E-state index >= 15 is 0 Å². The lowest BCUT2D eigenvalue weighted by Crippen LogP contribution is -2.14. The molecule has 0 saturated heterocycles. The van der Waals surface area contributed by atoms with Crippen molar-refractivity contribution in [3.8, 4) is 5.75 Å². The lowest BCUT2D eigenvalue weighted by molar-refractivity contribution is 0.102. The molecule has 0 saturated carbocycles. The first kappa shape index (κ1) is 14.0. The van der Waals surface area contributed by atoms with Gasteiger partial charge in [0.2, 0.25) is 10.0 Å². The molecule has 1 amide bonds. The van der Waals surface area contributed by atoms with Crippen LogP contribution in [-0.4, -0.2) is 19.4 Å². The van der Waals surface area contributed by atoms with Gasteiger partial charge in [0.25, 0.3) is 5.91 Å². The molecule has 20 heavy (non-hydrogen) atoms. The van der Waals surface area contributed by atoms with Crippen LogP contribution < -0.4 is 10.5 Å². The molecule has 7 heteroatoms. The highest BCUT2D eigenvalue weighted by molar-refractivity contribution is 7.89. The fraction of sp³-hybridized carbons (Fsp3) is 0. The first-order chi connectivity index (χ1) is 9.38. The Labute approximate surface area is 115 Å². The average Bonchev–Trinajstić information content (AvgIpc) is 2.38. The van der Waals surface area contributed by atoms with Gasteiger partial charge in [0, 0.05) is 5.69 Å². The molecule has 0 spiro atoms. The van der Waals surface area contributed by atoms with E-state index in [2.05, 4.69) is 5.32 Å². The predicted octanol–water partition coefficient (Wildman–Crippen LogP) is 1.29. The van der Waals surface area contributed by atoms with Crippen molar-refractivity contribution in [3.05, 3.63) is 54.1 Å². The van der Waals surface area contributed by atoms with E-state index in [4.69, 9.17) is 5.14 Å². The van der Waals surface area contributed by atoms with E-state index in [1.165, 1.54) is 36.4 Å². The molecule has 2 aromatic rings. The largest absolute Gasteiger partial charge is 0.507 e. The molecule has 0 aliphatic rings. The molecule has 0 aliphatic heterocycles. The molecule has 0 bridgehead atoms. The summed E-state index contributed by atoms with van der Waals surface area (Å²) in [6, 6.07) is 11.5. The topological polar surface area (TPSA) is 109 Å². The van der Waals surface area contributed by atoms with Gasteiger partial charge in [-0.2, -0.15) is 0 Å². The second-order valence-corrected chi connectivity index (χ2v) is 5.60. The van der Waals surface area contributed by atoms with Crippen LogP contribution in [0.25, 0.3) is 0 Å². The van der Waals surface area contributed by atoms with Crippen LogP contribution in [0.1, 0.15) is 10.4 Å². The highest BCUT2D eigenvalue weighted by atomic mass is 32.2. The van der Waals surface area contributed by atoms with Gasteiger partial charge in [-0.15, -0.1) is 0 Å². The summed E-state index contributed by atoms with van der Waals surface area (Å²) >= 11 is 0. The number of rotatable bonds is 3. The summed E-state index contributed by atoms with van der Waals surface area (Å²) in [6.07, 6.45) is 0. The van der Waals surface area contributed by atoms with Crippen molar-refractivity contribution in [2.24, 2.45) is 5.14 Å². The number of benzene rings is 2. The predicted molar refractivity (Wildman–Crippen MR) is 73.9 cm³/mol. The van der Waals surface area contributed by atoms with Crippen molar-refractivity contribution >= 4 is 21.6 Å². The van der Waals surface area contributed by atoms with E-state index in [0.29, 0.717) is 5.69 Å². The smallest absolute Gasteiger partial charge is 0.259 e. The van der Waals surface area contributed by atoms with Crippen molar-refractivity contribution < 1.29 is 18.3 Å². The second-order valence-electron chi connectivity index (χ2n) is 4.04. The number of phenolic OH excluding ortho intramolecular Hbond substituents is 1. The van der Waals surface area contributed by atoms with Crippen LogP contribution in [0.2, 0.25) is 0 Å². The fourth-order valence-corrected chi connectivity index (χ4v) is 2.11. The highest BCUT2D eigenvalue weighted by Gasteiger charge is 2.11. The number of nitrogens with two attached hydrogens (primary N) is 1. The number of amides is 1. The Morgan fingerprint density at radius 2 is 1.65 bits per heavy atom. The quantitative estimate of drug-likeness (QED) is 0.791. The minimum absolute atomic E-state index is 0.0435. The fourth-order valence-electron chi connectivity index (χ4n) is 1.59. The van der Waals surface area contributed by atoms with Gasteiger partial charge < -0.3 is 10.4 Å². The molecule has 104 valence electrons. The Kier molecular flexibility index (Phi) is 3.73. The zero-order valence-electron chi connectivity index (χ0n) is 10.3. The SMILES string of the molecule is NS(=O)(=O)c1ccc(NC(=O)c2ccccc2O)cc1. The Balaban J connectivity index is 2.19. The third-order valence-corrected chi connectivity index (χ3v) is 3.52. The van der Waals surface area contributed by atoms with Gasteiger partial charge in [0.05, 0.1) is 10.5 Å². The van der Waals surface area contributed by atoms with Crippen LogP contribution in [-0.2, 0) is 10.0 Å². The lowest BCUT2D eigenvalue weighted by atomic mass is 10.2. The van der Waals surface area contributed by atoms with Gasteiger partial charge in [-0.25, -0.2) is 13.6 Å². The summed E-state index contributed by atoms with van der Waals surface area (Å²) in [5, 5.41) is 17.1. The lowest BCUT2D eigenvalue weighted by Gasteiger charge is -2.07. The van der Waals surface area contributed by atoms with Crippen molar-refractivity contribution in [3.63, 3.8) is 0 Å². The van der Waals surface area contributed by atoms with Crippen LogP contribution in [0.3, 0.4) is 0 Å². The summed E-state index contributed by atoms with van der Waals surface area (Å²) in [4.78, 5) is 11.9. The van der Waals surface area contributed by atoms with Crippen LogP contribution in [0.5, 0.6) is 5.75 Å². The minimum Gasteiger partial charge on any atom is -0.507 e. The van der Waals surface area contributed by atoms with Crippen LogP contribution in [0, 0.1) is 0 Å². The summed E-state index contributed by atoms with van der Waals surface area (Å²) in [5.74, 6) is -0.627. The van der Waals surface area contributed by atoms with Crippen molar-refractivity contribution in [2.45, 2.75) is 4.90 Å². The van der Waals surface area contributed by atoms with Gasteiger partial charge in [0.1, 0.15) is 5.75 Å². The molecule has 0 heterocycles. The number of phenols is 1. The van der Waals surface area contributed by atoms with E-state index in [-0.39, 0.29) is 16.2 Å². The number of carbonyl (C=O) groups is 1. The molecule has 0 radical (unpaired) electrons. The van der Waals surface area contributed by atoms with Crippen molar-refractivity contribution in [2.75, 3.05) is 5.32 Å². The maximum Gasteiger partial charge on any atom is 0.259 e. The van der Waals surface area contributed by atoms with Gasteiger partial charge in [-0.3, -0.25) is 4.79 Å². The number of sulfonamides is 1. The molecule has 4 N–H and O–H groups in total. The number of aromatic hydroxyl groups is 1. The molecule has 0 unspecified atom stereocenters. The number of hydrogen-bond donors (Lipinski definition) is 3. The third-order valence-electron chi connectivity index (χ3n) is 2.59. The van der Waals surface area contributed by atoms with Gasteiger partial charge in [0.15, 0.2) is 0 Å². The Morgan fingerprint density at radius 3 is 2.20 bits per heavy atom. The molecule has 0 aromatic heterocycles.